The Bertz CT molecular complexity index is 539. The van der Waals surface area contributed by atoms with Crippen molar-refractivity contribution in [1.29, 1.82) is 5.26 Å². The van der Waals surface area contributed by atoms with Gasteiger partial charge in [0.15, 0.2) is 0 Å². The highest BCUT2D eigenvalue weighted by molar-refractivity contribution is 5.85. The zero-order valence-electron chi connectivity index (χ0n) is 14.2. The molecule has 1 aromatic rings. The lowest BCUT2D eigenvalue weighted by Crippen LogP contribution is -2.43. The van der Waals surface area contributed by atoms with Crippen molar-refractivity contribution in [3.05, 3.63) is 35.9 Å². The summed E-state index contributed by atoms with van der Waals surface area (Å²) in [6.07, 6.45) is 3.32. The molecule has 0 spiro atoms. The van der Waals surface area contributed by atoms with Gasteiger partial charge in [0.2, 0.25) is 5.91 Å². The lowest BCUT2D eigenvalue weighted by atomic mass is 9.87. The van der Waals surface area contributed by atoms with Crippen LogP contribution < -0.4 is 5.32 Å². The van der Waals surface area contributed by atoms with E-state index in [0.29, 0.717) is 19.4 Å². The van der Waals surface area contributed by atoms with Gasteiger partial charge in [-0.2, -0.15) is 5.26 Å². The van der Waals surface area contributed by atoms with Crippen LogP contribution in [0.3, 0.4) is 0 Å². The van der Waals surface area contributed by atoms with Gasteiger partial charge in [-0.25, -0.2) is 0 Å². The van der Waals surface area contributed by atoms with Crippen LogP contribution in [0.1, 0.15) is 51.1 Å². The summed E-state index contributed by atoms with van der Waals surface area (Å²) in [6.45, 7) is 6.67. The van der Waals surface area contributed by atoms with Crippen molar-refractivity contribution in [3.63, 3.8) is 0 Å². The Morgan fingerprint density at radius 1 is 1.26 bits per heavy atom. The monoisotopic (exact) mass is 313 g/mol. The first-order chi connectivity index (χ1) is 11.2. The van der Waals surface area contributed by atoms with Crippen LogP contribution >= 0.6 is 0 Å². The second kappa shape index (κ2) is 8.12. The van der Waals surface area contributed by atoms with E-state index in [1.807, 2.05) is 18.2 Å². The van der Waals surface area contributed by atoms with Crippen molar-refractivity contribution < 1.29 is 4.79 Å². The van der Waals surface area contributed by atoms with Crippen LogP contribution in [0.5, 0.6) is 0 Å². The molecule has 1 aliphatic carbocycles. The second-order valence-electron chi connectivity index (χ2n) is 6.26. The number of nitrogens with one attached hydrogen (secondary N) is 1. The van der Waals surface area contributed by atoms with Crippen LogP contribution in [0, 0.1) is 16.7 Å². The van der Waals surface area contributed by atoms with E-state index in [1.54, 1.807) is 0 Å². The standard InChI is InChI=1S/C19H27N3O/c1-3-22(4-2)17(16-10-6-5-7-11-16)14-21-18(23)19(15-20)12-8-9-13-19/h5-7,10-11,17H,3-4,8-9,12-14H2,1-2H3,(H,21,23). The maximum Gasteiger partial charge on any atom is 0.240 e. The van der Waals surface area contributed by atoms with Crippen molar-refractivity contribution >= 4 is 5.91 Å². The first kappa shape index (κ1) is 17.5. The fourth-order valence-corrected chi connectivity index (χ4v) is 3.52. The maximum absolute atomic E-state index is 12.6. The van der Waals surface area contributed by atoms with E-state index in [-0.39, 0.29) is 11.9 Å². The minimum absolute atomic E-state index is 0.0920. The van der Waals surface area contributed by atoms with Gasteiger partial charge in [0.1, 0.15) is 5.41 Å². The van der Waals surface area contributed by atoms with E-state index in [0.717, 1.165) is 25.9 Å². The molecule has 1 aliphatic rings. The molecule has 0 aliphatic heterocycles. The summed E-state index contributed by atoms with van der Waals surface area (Å²) >= 11 is 0. The number of amides is 1. The van der Waals surface area contributed by atoms with Crippen LogP contribution in [0.4, 0.5) is 0 Å². The molecule has 1 N–H and O–H groups in total. The van der Waals surface area contributed by atoms with E-state index in [4.69, 9.17) is 0 Å². The number of benzene rings is 1. The summed E-state index contributed by atoms with van der Waals surface area (Å²) < 4.78 is 0. The number of carbonyl (C=O) groups is 1. The average Bonchev–Trinajstić information content (AvgIpc) is 3.09. The lowest BCUT2D eigenvalue weighted by molar-refractivity contribution is -0.128. The molecule has 4 heteroatoms. The molecule has 1 saturated carbocycles. The van der Waals surface area contributed by atoms with Crippen LogP contribution in [0.25, 0.3) is 0 Å². The summed E-state index contributed by atoms with van der Waals surface area (Å²) in [5.74, 6) is -0.0920. The molecular weight excluding hydrogens is 286 g/mol. The normalized spacial score (nSPS) is 17.7. The van der Waals surface area contributed by atoms with Crippen molar-refractivity contribution in [1.82, 2.24) is 10.2 Å². The highest BCUT2D eigenvalue weighted by Crippen LogP contribution is 2.37. The van der Waals surface area contributed by atoms with Crippen molar-refractivity contribution in [2.24, 2.45) is 5.41 Å². The number of carbonyl (C=O) groups excluding carboxylic acids is 1. The van der Waals surface area contributed by atoms with E-state index >= 15 is 0 Å². The third kappa shape index (κ3) is 3.92. The fourth-order valence-electron chi connectivity index (χ4n) is 3.52. The van der Waals surface area contributed by atoms with E-state index < -0.39 is 5.41 Å². The van der Waals surface area contributed by atoms with Gasteiger partial charge in [0.25, 0.3) is 0 Å². The van der Waals surface area contributed by atoms with Gasteiger partial charge >= 0.3 is 0 Å². The Kier molecular flexibility index (Phi) is 6.18. The zero-order chi connectivity index (χ0) is 16.7. The predicted molar refractivity (Wildman–Crippen MR) is 91.6 cm³/mol. The Hall–Kier alpha value is -1.86. The van der Waals surface area contributed by atoms with Crippen LogP contribution in [-0.4, -0.2) is 30.4 Å². The van der Waals surface area contributed by atoms with Crippen LogP contribution in [0.15, 0.2) is 30.3 Å². The van der Waals surface area contributed by atoms with Crippen molar-refractivity contribution in [2.45, 2.75) is 45.6 Å². The number of hydrogen-bond acceptors (Lipinski definition) is 3. The molecule has 0 aromatic heterocycles. The topological polar surface area (TPSA) is 56.1 Å². The molecule has 4 nitrogen and oxygen atoms in total. The van der Waals surface area contributed by atoms with Gasteiger partial charge in [-0.15, -0.1) is 0 Å². The van der Waals surface area contributed by atoms with Crippen LogP contribution in [0.2, 0.25) is 0 Å². The molecule has 124 valence electrons. The fraction of sp³-hybridized carbons (Fsp3) is 0.579. The molecule has 1 amide bonds. The second-order valence-corrected chi connectivity index (χ2v) is 6.26. The van der Waals surface area contributed by atoms with Gasteiger partial charge in [0, 0.05) is 6.54 Å². The Labute approximate surface area is 139 Å². The molecule has 23 heavy (non-hydrogen) atoms. The van der Waals surface area contributed by atoms with E-state index in [2.05, 4.69) is 42.3 Å². The molecule has 1 fully saturated rings. The zero-order valence-corrected chi connectivity index (χ0v) is 14.2. The van der Waals surface area contributed by atoms with E-state index in [1.165, 1.54) is 5.56 Å². The number of nitrogens with zero attached hydrogens (tertiary/aromatic N) is 2. The van der Waals surface area contributed by atoms with Crippen molar-refractivity contribution in [3.8, 4) is 6.07 Å². The summed E-state index contributed by atoms with van der Waals surface area (Å²) in [5.41, 5.74) is 0.402. The Balaban J connectivity index is 2.09. The molecule has 0 radical (unpaired) electrons. The van der Waals surface area contributed by atoms with E-state index in [9.17, 15) is 10.1 Å². The largest absolute Gasteiger partial charge is 0.353 e. The highest BCUT2D eigenvalue weighted by atomic mass is 16.2. The lowest BCUT2D eigenvalue weighted by Gasteiger charge is -2.31. The summed E-state index contributed by atoms with van der Waals surface area (Å²) in [4.78, 5) is 14.9. The Morgan fingerprint density at radius 3 is 2.39 bits per heavy atom. The number of rotatable bonds is 7. The summed E-state index contributed by atoms with van der Waals surface area (Å²) in [6, 6.07) is 12.7. The van der Waals surface area contributed by atoms with Crippen molar-refractivity contribution in [2.75, 3.05) is 19.6 Å². The maximum atomic E-state index is 12.6. The molecular formula is C19H27N3O. The Morgan fingerprint density at radius 2 is 1.87 bits per heavy atom. The first-order valence-electron chi connectivity index (χ1n) is 8.65. The molecule has 0 heterocycles. The highest BCUT2D eigenvalue weighted by Gasteiger charge is 2.41. The number of nitriles is 1. The summed E-state index contributed by atoms with van der Waals surface area (Å²) in [5, 5.41) is 12.5. The van der Waals surface area contributed by atoms with Gasteiger partial charge in [0.05, 0.1) is 12.1 Å². The predicted octanol–water partition coefficient (Wildman–Crippen LogP) is 3.27. The molecule has 1 aromatic carbocycles. The van der Waals surface area contributed by atoms with Gasteiger partial charge < -0.3 is 5.32 Å². The van der Waals surface area contributed by atoms with Gasteiger partial charge in [-0.3, -0.25) is 9.69 Å². The smallest absolute Gasteiger partial charge is 0.240 e. The molecule has 0 bridgehead atoms. The number of likely N-dealkylation sites (N-methyl/N-ethyl adjacent to an activating group) is 1. The minimum atomic E-state index is -0.801. The third-order valence-electron chi connectivity index (χ3n) is 5.00. The third-order valence-corrected chi connectivity index (χ3v) is 5.00. The SMILES string of the molecule is CCN(CC)C(CNC(=O)C1(C#N)CCCC1)c1ccccc1. The molecule has 1 unspecified atom stereocenters. The minimum Gasteiger partial charge on any atom is -0.353 e. The average molecular weight is 313 g/mol. The molecule has 1 atom stereocenters. The molecule has 0 saturated heterocycles. The van der Waals surface area contributed by atoms with Gasteiger partial charge in [-0.1, -0.05) is 57.0 Å². The number of hydrogen-bond donors (Lipinski definition) is 1. The molecule has 2 rings (SSSR count). The quantitative estimate of drug-likeness (QED) is 0.840. The first-order valence-corrected chi connectivity index (χ1v) is 8.65. The van der Waals surface area contributed by atoms with Crippen LogP contribution in [-0.2, 0) is 4.79 Å². The van der Waals surface area contributed by atoms with Gasteiger partial charge in [-0.05, 0) is 31.5 Å². The summed E-state index contributed by atoms with van der Waals surface area (Å²) in [7, 11) is 0.